The smallest absolute Gasteiger partial charge is 0.370 e. The molecule has 0 nitrogen and oxygen atoms in total. The fourth-order valence-corrected chi connectivity index (χ4v) is 0. The van der Waals surface area contributed by atoms with Gasteiger partial charge >= 0.3 is 18.9 Å². The van der Waals surface area contributed by atoms with Crippen molar-refractivity contribution < 1.29 is 18.9 Å². The molecule has 3 heteroatoms. The Bertz CT molecular complexity index is 24.8. The monoisotopic (exact) mass is 100.0 g/mol. The summed E-state index contributed by atoms with van der Waals surface area (Å²) in [4.78, 5) is 0. The summed E-state index contributed by atoms with van der Waals surface area (Å²) in [6.07, 6.45) is 0. The van der Waals surface area contributed by atoms with E-state index in [1.54, 1.807) is 0 Å². The van der Waals surface area contributed by atoms with Crippen LogP contribution in [0.3, 0.4) is 0 Å². The van der Waals surface area contributed by atoms with Gasteiger partial charge in [-0.05, 0) is 0 Å². The zero-order chi connectivity index (χ0) is 3.41. The number of hydrogen-bond acceptors (Lipinski definition) is 0. The van der Waals surface area contributed by atoms with E-state index in [9.17, 15) is 0 Å². The van der Waals surface area contributed by atoms with E-state index in [1.807, 2.05) is 6.66 Å². The molecule has 0 fully saturated rings. The molecule has 0 radical (unpaired) electrons. The summed E-state index contributed by atoms with van der Waals surface area (Å²) < 4.78 is 0. The summed E-state index contributed by atoms with van der Waals surface area (Å²) in [5.74, 6) is 0. The van der Waals surface area contributed by atoms with Gasteiger partial charge in [0.15, 0.2) is 0 Å². The van der Waals surface area contributed by atoms with Crippen molar-refractivity contribution in [3.8, 4) is 0 Å². The molecule has 0 N–H and O–H groups in total. The largest absolute Gasteiger partial charge is 1.00 e. The standard InChI is InChI=1S/C2H3ClP.Li/c1-4-2-3;/h1H3;/q-1;+1. The van der Waals surface area contributed by atoms with Crippen LogP contribution in [0.15, 0.2) is 0 Å². The Morgan fingerprint density at radius 3 is 2.00 bits per heavy atom. The molecule has 5 heavy (non-hydrogen) atoms. The molecule has 0 aromatic rings. The van der Waals surface area contributed by atoms with E-state index in [4.69, 9.17) is 11.6 Å². The van der Waals surface area contributed by atoms with Gasteiger partial charge in [0.1, 0.15) is 0 Å². The van der Waals surface area contributed by atoms with Crippen molar-refractivity contribution in [2.45, 2.75) is 0 Å². The molecule has 0 aliphatic heterocycles. The minimum absolute atomic E-state index is 0. The summed E-state index contributed by atoms with van der Waals surface area (Å²) in [6, 6.07) is 0. The molecule has 0 aromatic heterocycles. The van der Waals surface area contributed by atoms with Gasteiger partial charge in [0.2, 0.25) is 0 Å². The average Bonchev–Trinajstić information content (AvgIpc) is 1.37. The quantitative estimate of drug-likeness (QED) is 0.196. The molecule has 24 valence electrons. The third-order valence-electron chi connectivity index (χ3n) is 0.0845. The summed E-state index contributed by atoms with van der Waals surface area (Å²) >= 11 is 4.92. The first-order valence-electron chi connectivity index (χ1n) is 0.860. The summed E-state index contributed by atoms with van der Waals surface area (Å²) in [7, 11) is 1.01. The van der Waals surface area contributed by atoms with Crippen LogP contribution in [0.5, 0.6) is 0 Å². The maximum Gasteiger partial charge on any atom is 1.00 e. The second kappa shape index (κ2) is 8.91. The van der Waals surface area contributed by atoms with Gasteiger partial charge in [0.25, 0.3) is 0 Å². The Morgan fingerprint density at radius 2 is 2.00 bits per heavy atom. The van der Waals surface area contributed by atoms with Crippen molar-refractivity contribution in [1.29, 1.82) is 0 Å². The first-order chi connectivity index (χ1) is 1.91. The maximum atomic E-state index is 4.92. The minimum Gasteiger partial charge on any atom is -0.370 e. The van der Waals surface area contributed by atoms with Crippen LogP contribution in [0, 0.1) is 0 Å². The van der Waals surface area contributed by atoms with Gasteiger partial charge in [-0.2, -0.15) is 0 Å². The molecule has 0 amide bonds. The predicted octanol–water partition coefficient (Wildman–Crippen LogP) is -1.56. The van der Waals surface area contributed by atoms with E-state index in [2.05, 4.69) is 5.26 Å². The Kier molecular flexibility index (Phi) is 16.8. The molecule has 0 aliphatic rings. The van der Waals surface area contributed by atoms with Crippen molar-refractivity contribution in [1.82, 2.24) is 0 Å². The van der Waals surface area contributed by atoms with Crippen LogP contribution in [-0.4, -0.2) is 11.9 Å². The van der Waals surface area contributed by atoms with Crippen LogP contribution < -0.4 is 18.9 Å². The molecule has 0 spiro atoms. The average molecular weight is 100 g/mol. The van der Waals surface area contributed by atoms with Crippen LogP contribution in [0.25, 0.3) is 0 Å². The fourth-order valence-electron chi connectivity index (χ4n) is 0. The summed E-state index contributed by atoms with van der Waals surface area (Å²) in [5, 5.41) is 2.38. The zero-order valence-corrected chi connectivity index (χ0v) is 4.98. The maximum absolute atomic E-state index is 4.92. The first-order valence-corrected chi connectivity index (χ1v) is 2.58. The second-order valence-electron chi connectivity index (χ2n) is 0.308. The molecular weight excluding hydrogens is 97.4 g/mol. The van der Waals surface area contributed by atoms with E-state index in [0.29, 0.717) is 0 Å². The number of hydrogen-bond donors (Lipinski definition) is 0. The molecule has 0 saturated heterocycles. The molecule has 0 atom stereocenters. The number of halogens is 1. The van der Waals surface area contributed by atoms with Crippen molar-refractivity contribution in [2.75, 3.05) is 6.66 Å². The predicted molar refractivity (Wildman–Crippen MR) is 23.7 cm³/mol. The summed E-state index contributed by atoms with van der Waals surface area (Å²) in [5.41, 5.74) is 0. The van der Waals surface area contributed by atoms with Crippen LogP contribution in [0.1, 0.15) is 0 Å². The van der Waals surface area contributed by atoms with Gasteiger partial charge in [-0.25, -0.2) is 0 Å². The van der Waals surface area contributed by atoms with Crippen LogP contribution in [0.2, 0.25) is 0 Å². The molecule has 0 rings (SSSR count). The van der Waals surface area contributed by atoms with Crippen molar-refractivity contribution >= 4 is 25.1 Å². The van der Waals surface area contributed by atoms with E-state index >= 15 is 0 Å². The SMILES string of the molecule is CP=[C-]Cl.[Li+]. The second-order valence-corrected chi connectivity index (χ2v) is 1.43. The van der Waals surface area contributed by atoms with Crippen LogP contribution >= 0.6 is 19.8 Å². The molecule has 0 bridgehead atoms. The van der Waals surface area contributed by atoms with Crippen LogP contribution in [-0.2, 0) is 0 Å². The Morgan fingerprint density at radius 1 is 1.80 bits per heavy atom. The molecule has 0 aliphatic carbocycles. The third-order valence-corrected chi connectivity index (χ3v) is 0.761. The van der Waals surface area contributed by atoms with E-state index < -0.39 is 0 Å². The molecule has 0 unspecified atom stereocenters. The topological polar surface area (TPSA) is 0 Å². The third kappa shape index (κ3) is 11.2. The van der Waals surface area contributed by atoms with Gasteiger partial charge in [-0.15, -0.1) is 0 Å². The van der Waals surface area contributed by atoms with E-state index in [0.717, 1.165) is 8.20 Å². The van der Waals surface area contributed by atoms with Gasteiger partial charge in [0.05, 0.1) is 0 Å². The van der Waals surface area contributed by atoms with Crippen LogP contribution in [0.4, 0.5) is 0 Å². The van der Waals surface area contributed by atoms with Crippen molar-refractivity contribution in [2.24, 2.45) is 0 Å². The fraction of sp³-hybridized carbons (Fsp3) is 0.500. The van der Waals surface area contributed by atoms with Gasteiger partial charge < -0.3 is 25.1 Å². The molecular formula is C2H3ClLiP. The normalized spacial score (nSPS) is 7.60. The molecule has 0 aromatic carbocycles. The van der Waals surface area contributed by atoms with E-state index in [1.165, 1.54) is 0 Å². The Balaban J connectivity index is 0. The van der Waals surface area contributed by atoms with Crippen molar-refractivity contribution in [3.05, 3.63) is 0 Å². The molecule has 0 heterocycles. The van der Waals surface area contributed by atoms with Gasteiger partial charge in [-0.1, -0.05) is 6.66 Å². The van der Waals surface area contributed by atoms with E-state index in [-0.39, 0.29) is 18.9 Å². The zero-order valence-electron chi connectivity index (χ0n) is 3.33. The first kappa shape index (κ1) is 9.41. The van der Waals surface area contributed by atoms with Gasteiger partial charge in [0, 0.05) is 0 Å². The summed E-state index contributed by atoms with van der Waals surface area (Å²) in [6.45, 7) is 1.91. The Labute approximate surface area is 50.9 Å². The number of rotatable bonds is 0. The van der Waals surface area contributed by atoms with Crippen molar-refractivity contribution in [3.63, 3.8) is 0 Å². The minimum atomic E-state index is 0. The van der Waals surface area contributed by atoms with Gasteiger partial charge in [-0.3, -0.25) is 0 Å². The molecule has 0 saturated carbocycles. The Hall–Kier alpha value is 1.06.